The summed E-state index contributed by atoms with van der Waals surface area (Å²) < 4.78 is 5.19. The molecule has 282 valence electrons. The van der Waals surface area contributed by atoms with Crippen LogP contribution in [0.1, 0.15) is 72.6 Å². The predicted octanol–water partition coefficient (Wildman–Crippen LogP) is -1.01. The molecule has 0 aromatic heterocycles. The van der Waals surface area contributed by atoms with E-state index in [0.717, 1.165) is 19.1 Å². The molecule has 1 fully saturated rings. The van der Waals surface area contributed by atoms with Crippen LogP contribution in [0.4, 0.5) is 0 Å². The van der Waals surface area contributed by atoms with E-state index in [2.05, 4.69) is 16.0 Å². The van der Waals surface area contributed by atoms with Gasteiger partial charge < -0.3 is 61.7 Å². The molecule has 0 radical (unpaired) electrons. The molecule has 0 aromatic rings. The number of hydrogen-bond donors (Lipinski definition) is 5. The van der Waals surface area contributed by atoms with Crippen molar-refractivity contribution in [2.45, 2.75) is 96.9 Å². The highest BCUT2D eigenvalue weighted by Gasteiger charge is 2.32. The minimum absolute atomic E-state index is 0.0153. The van der Waals surface area contributed by atoms with Crippen LogP contribution < -0.4 is 16.0 Å². The van der Waals surface area contributed by atoms with E-state index in [9.17, 15) is 54.3 Å². The van der Waals surface area contributed by atoms with Gasteiger partial charge in [0.05, 0.1) is 19.3 Å². The first-order valence-electron chi connectivity index (χ1n) is 16.1. The smallest absolute Gasteiger partial charge is 0.328 e. The Morgan fingerprint density at radius 3 is 1.84 bits per heavy atom. The van der Waals surface area contributed by atoms with Gasteiger partial charge in [-0.05, 0) is 57.9 Å². The number of nitrogens with zero attached hydrogens (tertiary/aromatic N) is 3. The van der Waals surface area contributed by atoms with Gasteiger partial charge in [0, 0.05) is 52.1 Å². The lowest BCUT2D eigenvalue weighted by Gasteiger charge is -2.32. The van der Waals surface area contributed by atoms with E-state index in [0.29, 0.717) is 5.57 Å². The summed E-state index contributed by atoms with van der Waals surface area (Å²) >= 11 is 0. The molecule has 1 aliphatic rings. The van der Waals surface area contributed by atoms with Crippen LogP contribution in [0.3, 0.4) is 0 Å². The summed E-state index contributed by atoms with van der Waals surface area (Å²) in [5.41, 5.74) is 0.503. The van der Waals surface area contributed by atoms with Crippen molar-refractivity contribution in [3.05, 3.63) is 38.9 Å². The zero-order valence-electron chi connectivity index (χ0n) is 28.7. The van der Waals surface area contributed by atoms with E-state index in [1.54, 1.807) is 0 Å². The molecular weight excluding hydrogens is 664 g/mol. The van der Waals surface area contributed by atoms with Gasteiger partial charge in [0.1, 0.15) is 18.1 Å². The summed E-state index contributed by atoms with van der Waals surface area (Å²) in [6, 6.07) is -2.90. The molecule has 4 unspecified atom stereocenters. The van der Waals surface area contributed by atoms with E-state index in [1.807, 2.05) is 0 Å². The number of hydrogen-bond acceptors (Lipinski definition) is 13. The molecule has 0 bridgehead atoms. The summed E-state index contributed by atoms with van der Waals surface area (Å²) in [5.74, 6) is -4.80. The average molecular weight is 712 g/mol. The lowest BCUT2D eigenvalue weighted by atomic mass is 10.0. The summed E-state index contributed by atoms with van der Waals surface area (Å²) in [6.45, 7) is 3.68. The Balaban J connectivity index is 2.48. The minimum Gasteiger partial charge on any atom is -0.756 e. The zero-order valence-corrected chi connectivity index (χ0v) is 28.7. The summed E-state index contributed by atoms with van der Waals surface area (Å²) in [5, 5.41) is 62.2. The van der Waals surface area contributed by atoms with Gasteiger partial charge in [-0.15, -0.1) is 0 Å². The van der Waals surface area contributed by atoms with Crippen molar-refractivity contribution >= 4 is 41.4 Å². The number of amides is 6. The molecule has 4 atom stereocenters. The Labute approximate surface area is 289 Å². The topological polar surface area (TPSA) is 284 Å². The van der Waals surface area contributed by atoms with Crippen LogP contribution in [0.15, 0.2) is 23.3 Å². The van der Waals surface area contributed by atoms with Gasteiger partial charge in [0.2, 0.25) is 35.4 Å². The van der Waals surface area contributed by atoms with Gasteiger partial charge in [-0.2, -0.15) is 0 Å². The molecule has 0 saturated carbocycles. The molecule has 5 N–H and O–H groups in total. The molecular formula is C31H47N6O13-3. The molecule has 1 rings (SSSR count). The van der Waals surface area contributed by atoms with Gasteiger partial charge in [-0.25, -0.2) is 4.79 Å². The molecule has 0 aliphatic carbocycles. The third kappa shape index (κ3) is 16.3. The maximum Gasteiger partial charge on any atom is 0.328 e. The second-order valence-corrected chi connectivity index (χ2v) is 11.8. The SMILES string of the molecule is CC(=O)NC(CCCN([O-])C(=O)/C=C(\C)C(O)CO)C(=O)OCC/C(C)=C\C(=O)N([O-])CCCC1NC(=O)C(CCCN([O-])C(C)=O)NC1=O. The summed E-state index contributed by atoms with van der Waals surface area (Å²) in [4.78, 5) is 84.2. The molecule has 6 amide bonds. The maximum atomic E-state index is 12.6. The van der Waals surface area contributed by atoms with Crippen molar-refractivity contribution in [3.63, 3.8) is 0 Å². The predicted molar refractivity (Wildman–Crippen MR) is 176 cm³/mol. The molecule has 0 spiro atoms. The standard InChI is InChI=1S/C31H47N6O13/c1-19(11-15-50-31(46)25(32-21(3)39)10-7-14-37(49)28(43)17-20(2)26(41)18-38)16-27(42)36(48)13-6-9-24-30(45)33-23(29(44)34-24)8-5-12-35(47)22(4)40/h16-17,23-26,38,41H,5-15,18H2,1-4H3,(H,32,39)(H,33,45)(H,34,44)/q-3/b19-16-,20-17+. The van der Waals surface area contributed by atoms with Crippen LogP contribution >= 0.6 is 0 Å². The third-order valence-corrected chi connectivity index (χ3v) is 7.49. The Morgan fingerprint density at radius 1 is 0.840 bits per heavy atom. The van der Waals surface area contributed by atoms with Crippen molar-refractivity contribution in [2.24, 2.45) is 0 Å². The van der Waals surface area contributed by atoms with Crippen LogP contribution in [0.25, 0.3) is 0 Å². The fourth-order valence-electron chi connectivity index (χ4n) is 4.55. The molecule has 19 heteroatoms. The van der Waals surface area contributed by atoms with E-state index in [1.165, 1.54) is 20.8 Å². The molecule has 1 saturated heterocycles. The van der Waals surface area contributed by atoms with Crippen LogP contribution in [-0.2, 0) is 38.3 Å². The van der Waals surface area contributed by atoms with Crippen molar-refractivity contribution < 1.29 is 48.5 Å². The Morgan fingerprint density at radius 2 is 1.34 bits per heavy atom. The van der Waals surface area contributed by atoms with Crippen molar-refractivity contribution in [1.82, 2.24) is 31.1 Å². The van der Waals surface area contributed by atoms with Gasteiger partial charge in [-0.3, -0.25) is 28.8 Å². The lowest BCUT2D eigenvalue weighted by Crippen LogP contribution is -2.61. The first-order valence-corrected chi connectivity index (χ1v) is 16.1. The Bertz CT molecular complexity index is 1270. The minimum atomic E-state index is -1.29. The van der Waals surface area contributed by atoms with E-state index in [4.69, 9.17) is 9.84 Å². The van der Waals surface area contributed by atoms with Gasteiger partial charge in [0.15, 0.2) is 0 Å². The van der Waals surface area contributed by atoms with Crippen LogP contribution in [-0.4, -0.2) is 124 Å². The summed E-state index contributed by atoms with van der Waals surface area (Å²) in [7, 11) is 0. The summed E-state index contributed by atoms with van der Waals surface area (Å²) in [6.07, 6.45) is 1.26. The number of hydroxylamine groups is 6. The number of aliphatic hydroxyl groups is 2. The third-order valence-electron chi connectivity index (χ3n) is 7.49. The normalized spacial score (nSPS) is 17.5. The number of nitrogens with one attached hydrogen (secondary N) is 3. The van der Waals surface area contributed by atoms with Crippen LogP contribution in [0, 0.1) is 15.6 Å². The monoisotopic (exact) mass is 711 g/mol. The lowest BCUT2D eigenvalue weighted by molar-refractivity contribution is -0.147. The van der Waals surface area contributed by atoms with Crippen molar-refractivity contribution in [2.75, 3.05) is 32.8 Å². The number of rotatable bonds is 21. The molecule has 0 aromatic carbocycles. The fraction of sp³-hybridized carbons (Fsp3) is 0.645. The first kappa shape index (κ1) is 43.6. The van der Waals surface area contributed by atoms with E-state index >= 15 is 0 Å². The molecule has 19 nitrogen and oxygen atoms in total. The van der Waals surface area contributed by atoms with Gasteiger partial charge >= 0.3 is 5.97 Å². The Kier molecular flexibility index (Phi) is 19.5. The van der Waals surface area contributed by atoms with Crippen molar-refractivity contribution in [1.29, 1.82) is 0 Å². The van der Waals surface area contributed by atoms with E-state index in [-0.39, 0.29) is 91.9 Å². The average Bonchev–Trinajstić information content (AvgIpc) is 3.04. The Hall–Kier alpha value is -4.43. The first-order chi connectivity index (χ1) is 23.5. The highest BCUT2D eigenvalue weighted by molar-refractivity contribution is 5.97. The molecule has 50 heavy (non-hydrogen) atoms. The van der Waals surface area contributed by atoms with Crippen molar-refractivity contribution in [3.8, 4) is 0 Å². The quantitative estimate of drug-likeness (QED) is 0.0543. The number of ether oxygens (including phenoxy) is 1. The number of carbonyl (C=O) groups excluding carboxylic acids is 7. The molecule has 1 heterocycles. The molecule has 1 aliphatic heterocycles. The van der Waals surface area contributed by atoms with Gasteiger partial charge in [-0.1, -0.05) is 5.57 Å². The highest BCUT2D eigenvalue weighted by atomic mass is 16.5. The highest BCUT2D eigenvalue weighted by Crippen LogP contribution is 2.11. The largest absolute Gasteiger partial charge is 0.756 e. The van der Waals surface area contributed by atoms with Gasteiger partial charge in [0.25, 0.3) is 0 Å². The van der Waals surface area contributed by atoms with Crippen LogP contribution in [0.2, 0.25) is 0 Å². The fourth-order valence-corrected chi connectivity index (χ4v) is 4.55. The second-order valence-electron chi connectivity index (χ2n) is 11.8. The zero-order chi connectivity index (χ0) is 38.0. The number of aliphatic hydroxyl groups excluding tert-OH is 2. The number of esters is 1. The number of piperazine rings is 1. The maximum absolute atomic E-state index is 12.6. The van der Waals surface area contributed by atoms with E-state index < -0.39 is 72.2 Å². The second kappa shape index (κ2) is 22.3. The number of carbonyl (C=O) groups is 7. The van der Waals surface area contributed by atoms with Crippen LogP contribution in [0.5, 0.6) is 0 Å².